The molecule has 0 amide bonds. The maximum Gasteiger partial charge on any atom is 0.306 e. The number of benzene rings is 2. The van der Waals surface area contributed by atoms with Gasteiger partial charge in [-0.2, -0.15) is 0 Å². The number of nitrogen functional groups attached to an aromatic ring is 2. The van der Waals surface area contributed by atoms with Crippen LogP contribution in [-0.4, -0.2) is 5.97 Å². The second kappa shape index (κ2) is 9.72. The lowest BCUT2D eigenvalue weighted by atomic mass is 9.97. The molecule has 134 valence electrons. The molecule has 2 aromatic rings. The van der Waals surface area contributed by atoms with E-state index in [1.165, 1.54) is 19.3 Å². The fraction of sp³-hybridized carbons (Fsp3) is 0.381. The molecule has 0 unspecified atom stereocenters. The van der Waals surface area contributed by atoms with Crippen LogP contribution < -0.4 is 11.5 Å². The van der Waals surface area contributed by atoms with Crippen molar-refractivity contribution >= 4 is 17.3 Å². The number of carbonyl (C=O) groups is 1. The molecule has 2 rings (SSSR count). The van der Waals surface area contributed by atoms with Crippen LogP contribution in [-0.2, 0) is 16.1 Å². The summed E-state index contributed by atoms with van der Waals surface area (Å²) in [6.07, 6.45) is 6.03. The molecule has 0 saturated carbocycles. The highest BCUT2D eigenvalue weighted by Crippen LogP contribution is 2.34. The largest absolute Gasteiger partial charge is 0.461 e. The quantitative estimate of drug-likeness (QED) is 0.386. The smallest absolute Gasteiger partial charge is 0.306 e. The standard InChI is InChI=1S/C21H28N2O2/c1-2-3-4-5-6-14-20(24)25-15-16-10-9-13-19(23)21(16)17-11-7-8-12-18(17)22/h7-13H,2-6,14-15,22-23H2,1H3. The van der Waals surface area contributed by atoms with Crippen LogP contribution in [0.5, 0.6) is 0 Å². The van der Waals surface area contributed by atoms with E-state index in [0.717, 1.165) is 29.5 Å². The van der Waals surface area contributed by atoms with Gasteiger partial charge in [-0.3, -0.25) is 4.79 Å². The third-order valence-electron chi connectivity index (χ3n) is 4.29. The van der Waals surface area contributed by atoms with Crippen molar-refractivity contribution in [3.63, 3.8) is 0 Å². The topological polar surface area (TPSA) is 78.3 Å². The molecule has 0 spiro atoms. The zero-order valence-corrected chi connectivity index (χ0v) is 15.0. The van der Waals surface area contributed by atoms with E-state index in [-0.39, 0.29) is 12.6 Å². The van der Waals surface area contributed by atoms with Crippen molar-refractivity contribution in [1.29, 1.82) is 0 Å². The minimum Gasteiger partial charge on any atom is -0.461 e. The van der Waals surface area contributed by atoms with Crippen LogP contribution in [0.3, 0.4) is 0 Å². The number of anilines is 2. The molecule has 4 N–H and O–H groups in total. The van der Waals surface area contributed by atoms with Gasteiger partial charge in [0.15, 0.2) is 0 Å². The summed E-state index contributed by atoms with van der Waals surface area (Å²) in [5, 5.41) is 0. The Kier molecular flexibility index (Phi) is 7.33. The Bertz CT molecular complexity index is 698. The Morgan fingerprint density at radius 3 is 2.40 bits per heavy atom. The number of nitrogens with two attached hydrogens (primary N) is 2. The number of unbranched alkanes of at least 4 members (excludes halogenated alkanes) is 4. The Balaban J connectivity index is 2.00. The molecule has 0 aromatic heterocycles. The molecule has 4 nitrogen and oxygen atoms in total. The highest BCUT2D eigenvalue weighted by atomic mass is 16.5. The lowest BCUT2D eigenvalue weighted by Gasteiger charge is -2.14. The van der Waals surface area contributed by atoms with Crippen molar-refractivity contribution in [2.24, 2.45) is 0 Å². The van der Waals surface area contributed by atoms with Crippen molar-refractivity contribution in [2.45, 2.75) is 52.1 Å². The third kappa shape index (κ3) is 5.52. The van der Waals surface area contributed by atoms with Crippen LogP contribution in [0.4, 0.5) is 11.4 Å². The summed E-state index contributed by atoms with van der Waals surface area (Å²) in [6, 6.07) is 13.2. The molecule has 0 heterocycles. The first-order valence-corrected chi connectivity index (χ1v) is 9.01. The van der Waals surface area contributed by atoms with E-state index in [9.17, 15) is 4.79 Å². The van der Waals surface area contributed by atoms with E-state index in [2.05, 4.69) is 6.92 Å². The first-order valence-electron chi connectivity index (χ1n) is 9.01. The molecule has 25 heavy (non-hydrogen) atoms. The number of carbonyl (C=O) groups excluding carboxylic acids is 1. The molecule has 0 aliphatic heterocycles. The van der Waals surface area contributed by atoms with Crippen LogP contribution in [0, 0.1) is 0 Å². The number of para-hydroxylation sites is 1. The number of ether oxygens (including phenoxy) is 1. The first kappa shape index (κ1) is 18.8. The average molecular weight is 340 g/mol. The van der Waals surface area contributed by atoms with Crippen molar-refractivity contribution in [1.82, 2.24) is 0 Å². The van der Waals surface area contributed by atoms with Crippen molar-refractivity contribution in [3.8, 4) is 11.1 Å². The molecule has 0 radical (unpaired) electrons. The fourth-order valence-electron chi connectivity index (χ4n) is 2.90. The highest BCUT2D eigenvalue weighted by Gasteiger charge is 2.13. The summed E-state index contributed by atoms with van der Waals surface area (Å²) in [7, 11) is 0. The van der Waals surface area contributed by atoms with Gasteiger partial charge in [-0.05, 0) is 24.1 Å². The van der Waals surface area contributed by atoms with Gasteiger partial charge in [0, 0.05) is 28.9 Å². The summed E-state index contributed by atoms with van der Waals surface area (Å²) in [4.78, 5) is 12.0. The van der Waals surface area contributed by atoms with Gasteiger partial charge in [0.25, 0.3) is 0 Å². The molecule has 0 bridgehead atoms. The zero-order valence-electron chi connectivity index (χ0n) is 15.0. The lowest BCUT2D eigenvalue weighted by Crippen LogP contribution is -2.06. The van der Waals surface area contributed by atoms with Gasteiger partial charge in [0.1, 0.15) is 6.61 Å². The Morgan fingerprint density at radius 2 is 1.64 bits per heavy atom. The van der Waals surface area contributed by atoms with Gasteiger partial charge in [-0.15, -0.1) is 0 Å². The SMILES string of the molecule is CCCCCCCC(=O)OCc1cccc(N)c1-c1ccccc1N. The van der Waals surface area contributed by atoms with Crippen molar-refractivity contribution in [3.05, 3.63) is 48.0 Å². The predicted octanol–water partition coefficient (Wildman–Crippen LogP) is 4.92. The average Bonchev–Trinajstić information content (AvgIpc) is 2.61. The summed E-state index contributed by atoms with van der Waals surface area (Å²) < 4.78 is 5.46. The van der Waals surface area contributed by atoms with Crippen molar-refractivity contribution < 1.29 is 9.53 Å². The van der Waals surface area contributed by atoms with E-state index >= 15 is 0 Å². The minimum absolute atomic E-state index is 0.161. The second-order valence-electron chi connectivity index (χ2n) is 6.29. The zero-order chi connectivity index (χ0) is 18.1. The van der Waals surface area contributed by atoms with E-state index in [4.69, 9.17) is 16.2 Å². The van der Waals surface area contributed by atoms with Crippen LogP contribution in [0.15, 0.2) is 42.5 Å². The van der Waals surface area contributed by atoms with Crippen LogP contribution in [0.25, 0.3) is 11.1 Å². The molecule has 0 aliphatic carbocycles. The number of esters is 1. The molecular weight excluding hydrogens is 312 g/mol. The summed E-state index contributed by atoms with van der Waals surface area (Å²) >= 11 is 0. The predicted molar refractivity (Wildman–Crippen MR) is 104 cm³/mol. The second-order valence-corrected chi connectivity index (χ2v) is 6.29. The van der Waals surface area contributed by atoms with Gasteiger partial charge < -0.3 is 16.2 Å². The van der Waals surface area contributed by atoms with E-state index in [1.807, 2.05) is 42.5 Å². The van der Waals surface area contributed by atoms with Crippen LogP contribution in [0.2, 0.25) is 0 Å². The van der Waals surface area contributed by atoms with E-state index in [0.29, 0.717) is 17.8 Å². The minimum atomic E-state index is -0.161. The summed E-state index contributed by atoms with van der Waals surface area (Å²) in [6.45, 7) is 2.39. The normalized spacial score (nSPS) is 10.6. The Morgan fingerprint density at radius 1 is 0.920 bits per heavy atom. The summed E-state index contributed by atoms with van der Waals surface area (Å²) in [5.74, 6) is -0.161. The van der Waals surface area contributed by atoms with Crippen LogP contribution >= 0.6 is 0 Å². The lowest BCUT2D eigenvalue weighted by molar-refractivity contribution is -0.145. The summed E-state index contributed by atoms with van der Waals surface area (Å²) in [5.41, 5.74) is 16.1. The van der Waals surface area contributed by atoms with Gasteiger partial charge >= 0.3 is 5.97 Å². The number of rotatable bonds is 9. The molecule has 0 fully saturated rings. The molecule has 2 aromatic carbocycles. The third-order valence-corrected chi connectivity index (χ3v) is 4.29. The molecule has 0 atom stereocenters. The monoisotopic (exact) mass is 340 g/mol. The molecule has 4 heteroatoms. The maximum atomic E-state index is 12.0. The number of hydrogen-bond donors (Lipinski definition) is 2. The first-order chi connectivity index (χ1) is 12.1. The Labute approximate surface area is 150 Å². The molecular formula is C21H28N2O2. The van der Waals surface area contributed by atoms with E-state index in [1.54, 1.807) is 0 Å². The van der Waals surface area contributed by atoms with Crippen LogP contribution in [0.1, 0.15) is 51.0 Å². The molecule has 0 saturated heterocycles. The Hall–Kier alpha value is -2.49. The number of hydrogen-bond acceptors (Lipinski definition) is 4. The highest BCUT2D eigenvalue weighted by molar-refractivity contribution is 5.86. The fourth-order valence-corrected chi connectivity index (χ4v) is 2.90. The van der Waals surface area contributed by atoms with Gasteiger partial charge in [-0.1, -0.05) is 62.9 Å². The van der Waals surface area contributed by atoms with Gasteiger partial charge in [-0.25, -0.2) is 0 Å². The van der Waals surface area contributed by atoms with Gasteiger partial charge in [0.2, 0.25) is 0 Å². The van der Waals surface area contributed by atoms with Crippen molar-refractivity contribution in [2.75, 3.05) is 11.5 Å². The van der Waals surface area contributed by atoms with Gasteiger partial charge in [0.05, 0.1) is 0 Å². The maximum absolute atomic E-state index is 12.0. The molecule has 0 aliphatic rings. The van der Waals surface area contributed by atoms with E-state index < -0.39 is 0 Å².